The molecule has 1 aliphatic carbocycles. The summed E-state index contributed by atoms with van der Waals surface area (Å²) in [6.07, 6.45) is 10.2. The van der Waals surface area contributed by atoms with Crippen LogP contribution in [0.2, 0.25) is 0 Å². The molecule has 106 valence electrons. The Morgan fingerprint density at radius 3 is 2.65 bits per heavy atom. The zero-order chi connectivity index (χ0) is 13.8. The normalized spacial score (nSPS) is 18.9. The van der Waals surface area contributed by atoms with Gasteiger partial charge in [-0.25, -0.2) is 0 Å². The number of aromatic nitrogens is 1. The smallest absolute Gasteiger partial charge is 0.0705 e. The Hall–Kier alpha value is -1.41. The molecule has 1 atom stereocenters. The highest BCUT2D eigenvalue weighted by Gasteiger charge is 2.23. The third-order valence-electron chi connectivity index (χ3n) is 4.67. The maximum absolute atomic E-state index is 4.49. The molecule has 0 bridgehead atoms. The molecule has 0 spiro atoms. The lowest BCUT2D eigenvalue weighted by Crippen LogP contribution is -2.25. The number of nitrogens with zero attached hydrogens (tertiary/aromatic N) is 1. The van der Waals surface area contributed by atoms with E-state index in [0.717, 1.165) is 11.4 Å². The van der Waals surface area contributed by atoms with Crippen molar-refractivity contribution < 1.29 is 0 Å². The molecule has 2 aromatic rings. The van der Waals surface area contributed by atoms with Gasteiger partial charge in [0, 0.05) is 17.6 Å². The lowest BCUT2D eigenvalue weighted by Gasteiger charge is -2.26. The van der Waals surface area contributed by atoms with Gasteiger partial charge in [0.2, 0.25) is 0 Å². The number of hydrogen-bond acceptors (Lipinski definition) is 2. The van der Waals surface area contributed by atoms with Crippen molar-refractivity contribution in [3.8, 4) is 0 Å². The SMILES string of the molecule is CNC(c1ccc2cccnc2c1)C1CCCCCC1. The first-order valence-electron chi connectivity index (χ1n) is 7.90. The average Bonchev–Trinajstić information content (AvgIpc) is 2.77. The Bertz CT molecular complexity index is 556. The summed E-state index contributed by atoms with van der Waals surface area (Å²) in [5, 5.41) is 4.78. The molecule has 0 amide bonds. The van der Waals surface area contributed by atoms with Crippen LogP contribution in [0.5, 0.6) is 0 Å². The first kappa shape index (κ1) is 13.6. The number of hydrogen-bond donors (Lipinski definition) is 1. The molecule has 20 heavy (non-hydrogen) atoms. The van der Waals surface area contributed by atoms with Crippen molar-refractivity contribution in [2.24, 2.45) is 5.92 Å². The molecular formula is C18H24N2. The van der Waals surface area contributed by atoms with Gasteiger partial charge in [0.1, 0.15) is 0 Å². The van der Waals surface area contributed by atoms with Crippen molar-refractivity contribution >= 4 is 10.9 Å². The third-order valence-corrected chi connectivity index (χ3v) is 4.67. The molecule has 1 aromatic heterocycles. The number of rotatable bonds is 3. The van der Waals surface area contributed by atoms with E-state index in [1.165, 1.54) is 49.5 Å². The fourth-order valence-electron chi connectivity index (χ4n) is 3.60. The molecule has 1 heterocycles. The van der Waals surface area contributed by atoms with Crippen LogP contribution in [-0.4, -0.2) is 12.0 Å². The van der Waals surface area contributed by atoms with Crippen LogP contribution >= 0.6 is 0 Å². The summed E-state index contributed by atoms with van der Waals surface area (Å²) >= 11 is 0. The van der Waals surface area contributed by atoms with Crippen LogP contribution in [0.25, 0.3) is 10.9 Å². The standard InChI is InChI=1S/C18H24N2/c1-19-18(15-7-4-2-3-5-8-15)16-11-10-14-9-6-12-20-17(14)13-16/h6,9-13,15,18-19H,2-5,7-8H2,1H3. The molecule has 1 N–H and O–H groups in total. The molecule has 0 aliphatic heterocycles. The van der Waals surface area contributed by atoms with Crippen LogP contribution in [0.4, 0.5) is 0 Å². The van der Waals surface area contributed by atoms with E-state index in [0.29, 0.717) is 6.04 Å². The molecule has 1 aromatic carbocycles. The van der Waals surface area contributed by atoms with E-state index in [2.05, 4.69) is 41.6 Å². The van der Waals surface area contributed by atoms with Crippen molar-refractivity contribution in [2.75, 3.05) is 7.05 Å². The van der Waals surface area contributed by atoms with Crippen LogP contribution in [-0.2, 0) is 0 Å². The Labute approximate surface area is 121 Å². The van der Waals surface area contributed by atoms with Crippen molar-refractivity contribution in [1.82, 2.24) is 10.3 Å². The first-order chi connectivity index (χ1) is 9.88. The fraction of sp³-hybridized carbons (Fsp3) is 0.500. The minimum atomic E-state index is 0.472. The number of fused-ring (bicyclic) bond motifs is 1. The van der Waals surface area contributed by atoms with Crippen molar-refractivity contribution in [2.45, 2.75) is 44.6 Å². The highest BCUT2D eigenvalue weighted by atomic mass is 14.9. The van der Waals surface area contributed by atoms with E-state index in [9.17, 15) is 0 Å². The maximum Gasteiger partial charge on any atom is 0.0705 e. The van der Waals surface area contributed by atoms with Crippen LogP contribution in [0, 0.1) is 5.92 Å². The summed E-state index contributed by atoms with van der Waals surface area (Å²) in [5.41, 5.74) is 2.50. The van der Waals surface area contributed by atoms with Gasteiger partial charge >= 0.3 is 0 Å². The number of pyridine rings is 1. The lowest BCUT2D eigenvalue weighted by molar-refractivity contribution is 0.342. The molecule has 1 fully saturated rings. The van der Waals surface area contributed by atoms with E-state index in [-0.39, 0.29) is 0 Å². The van der Waals surface area contributed by atoms with Gasteiger partial charge in [0.25, 0.3) is 0 Å². The van der Waals surface area contributed by atoms with Gasteiger partial charge in [0.15, 0.2) is 0 Å². The summed E-state index contributed by atoms with van der Waals surface area (Å²) in [5.74, 6) is 0.767. The number of benzene rings is 1. The van der Waals surface area contributed by atoms with Gasteiger partial charge in [-0.1, -0.05) is 43.9 Å². The van der Waals surface area contributed by atoms with E-state index in [4.69, 9.17) is 0 Å². The fourth-order valence-corrected chi connectivity index (χ4v) is 3.60. The molecule has 3 rings (SSSR count). The number of nitrogens with one attached hydrogen (secondary N) is 1. The highest BCUT2D eigenvalue weighted by molar-refractivity contribution is 5.79. The highest BCUT2D eigenvalue weighted by Crippen LogP contribution is 2.34. The Morgan fingerprint density at radius 1 is 1.10 bits per heavy atom. The average molecular weight is 268 g/mol. The second-order valence-corrected chi connectivity index (χ2v) is 5.97. The lowest BCUT2D eigenvalue weighted by atomic mass is 9.87. The van der Waals surface area contributed by atoms with Crippen molar-refractivity contribution in [3.63, 3.8) is 0 Å². The summed E-state index contributed by atoms with van der Waals surface area (Å²) < 4.78 is 0. The summed E-state index contributed by atoms with van der Waals surface area (Å²) in [4.78, 5) is 4.49. The van der Waals surface area contributed by atoms with E-state index < -0.39 is 0 Å². The molecule has 2 nitrogen and oxygen atoms in total. The van der Waals surface area contributed by atoms with Gasteiger partial charge in [-0.15, -0.1) is 0 Å². The van der Waals surface area contributed by atoms with Gasteiger partial charge in [-0.2, -0.15) is 0 Å². The third kappa shape index (κ3) is 2.85. The van der Waals surface area contributed by atoms with Crippen molar-refractivity contribution in [3.05, 3.63) is 42.1 Å². The minimum Gasteiger partial charge on any atom is -0.313 e. The predicted molar refractivity (Wildman–Crippen MR) is 84.7 cm³/mol. The summed E-state index contributed by atoms with van der Waals surface area (Å²) in [6.45, 7) is 0. The molecule has 0 saturated heterocycles. The molecule has 1 unspecified atom stereocenters. The van der Waals surface area contributed by atoms with Crippen LogP contribution < -0.4 is 5.32 Å². The van der Waals surface area contributed by atoms with Gasteiger partial charge in [-0.3, -0.25) is 4.98 Å². The summed E-state index contributed by atoms with van der Waals surface area (Å²) in [7, 11) is 2.10. The van der Waals surface area contributed by atoms with E-state index in [1.807, 2.05) is 12.3 Å². The molecular weight excluding hydrogens is 244 g/mol. The monoisotopic (exact) mass is 268 g/mol. The van der Waals surface area contributed by atoms with Gasteiger partial charge in [0.05, 0.1) is 5.52 Å². The topological polar surface area (TPSA) is 24.9 Å². The summed E-state index contributed by atoms with van der Waals surface area (Å²) in [6, 6.07) is 11.4. The Balaban J connectivity index is 1.89. The second-order valence-electron chi connectivity index (χ2n) is 5.97. The van der Waals surface area contributed by atoms with Crippen LogP contribution in [0.1, 0.15) is 50.1 Å². The Morgan fingerprint density at radius 2 is 1.90 bits per heavy atom. The molecule has 1 saturated carbocycles. The van der Waals surface area contributed by atoms with Gasteiger partial charge in [-0.05, 0) is 43.5 Å². The van der Waals surface area contributed by atoms with Crippen LogP contribution in [0.3, 0.4) is 0 Å². The van der Waals surface area contributed by atoms with Crippen molar-refractivity contribution in [1.29, 1.82) is 0 Å². The van der Waals surface area contributed by atoms with E-state index >= 15 is 0 Å². The maximum atomic E-state index is 4.49. The quantitative estimate of drug-likeness (QED) is 0.831. The minimum absolute atomic E-state index is 0.472. The zero-order valence-corrected chi connectivity index (χ0v) is 12.3. The second kappa shape index (κ2) is 6.36. The largest absolute Gasteiger partial charge is 0.313 e. The predicted octanol–water partition coefficient (Wildman–Crippen LogP) is 4.47. The molecule has 0 radical (unpaired) electrons. The Kier molecular flexibility index (Phi) is 4.31. The molecule has 2 heteroatoms. The van der Waals surface area contributed by atoms with E-state index in [1.54, 1.807) is 0 Å². The first-order valence-corrected chi connectivity index (χ1v) is 7.90. The van der Waals surface area contributed by atoms with Gasteiger partial charge < -0.3 is 5.32 Å². The van der Waals surface area contributed by atoms with Crippen LogP contribution in [0.15, 0.2) is 36.5 Å². The molecule has 1 aliphatic rings. The zero-order valence-electron chi connectivity index (χ0n) is 12.3.